The van der Waals surface area contributed by atoms with Crippen LogP contribution in [0, 0.1) is 0 Å². The second-order valence-electron chi connectivity index (χ2n) is 11.8. The van der Waals surface area contributed by atoms with Crippen LogP contribution < -0.4 is 4.90 Å². The van der Waals surface area contributed by atoms with Crippen molar-refractivity contribution in [3.8, 4) is 16.8 Å². The molecule has 1 heterocycles. The average Bonchev–Trinajstić information content (AvgIpc) is 3.46. The summed E-state index contributed by atoms with van der Waals surface area (Å²) < 4.78 is 2.37. The van der Waals surface area contributed by atoms with Crippen LogP contribution in [-0.2, 0) is 0 Å². The number of nitrogens with zero attached hydrogens (tertiary/aromatic N) is 2. The molecule has 0 radical (unpaired) electrons. The van der Waals surface area contributed by atoms with E-state index < -0.39 is 0 Å². The maximum Gasteiger partial charge on any atom is 0.0542 e. The third-order valence-electron chi connectivity index (χ3n) is 9.15. The normalized spacial score (nSPS) is 11.5. The third-order valence-corrected chi connectivity index (χ3v) is 9.15. The molecule has 0 amide bonds. The largest absolute Gasteiger partial charge is 0.310 e. The predicted octanol–water partition coefficient (Wildman–Crippen LogP) is 12.2. The first kappa shape index (κ1) is 26.3. The van der Waals surface area contributed by atoms with Gasteiger partial charge in [-0.1, -0.05) is 121 Å². The van der Waals surface area contributed by atoms with Gasteiger partial charge in [0, 0.05) is 33.5 Å². The molecular weight excluding hydrogens is 556 g/mol. The van der Waals surface area contributed by atoms with Crippen molar-refractivity contribution < 1.29 is 0 Å². The summed E-state index contributed by atoms with van der Waals surface area (Å²) in [6, 6.07) is 65.7. The van der Waals surface area contributed by atoms with Crippen LogP contribution in [0.2, 0.25) is 0 Å². The summed E-state index contributed by atoms with van der Waals surface area (Å²) in [5.41, 5.74) is 9.42. The van der Waals surface area contributed by atoms with Crippen LogP contribution >= 0.6 is 0 Å². The second-order valence-corrected chi connectivity index (χ2v) is 11.8. The topological polar surface area (TPSA) is 8.17 Å². The fraction of sp³-hybridized carbons (Fsp3) is 0. The van der Waals surface area contributed by atoms with Gasteiger partial charge in [0.1, 0.15) is 0 Å². The minimum Gasteiger partial charge on any atom is -0.310 e. The number of hydrogen-bond donors (Lipinski definition) is 0. The number of para-hydroxylation sites is 3. The van der Waals surface area contributed by atoms with Gasteiger partial charge in [0.05, 0.1) is 11.0 Å². The van der Waals surface area contributed by atoms with Crippen molar-refractivity contribution in [2.45, 2.75) is 0 Å². The number of hydrogen-bond acceptors (Lipinski definition) is 1. The van der Waals surface area contributed by atoms with Gasteiger partial charge in [-0.05, 0) is 93.3 Å². The molecule has 46 heavy (non-hydrogen) atoms. The number of rotatable bonds is 5. The molecule has 1 aromatic heterocycles. The first-order valence-electron chi connectivity index (χ1n) is 15.8. The van der Waals surface area contributed by atoms with Gasteiger partial charge in [-0.25, -0.2) is 0 Å². The Balaban J connectivity index is 1.27. The molecule has 0 saturated carbocycles. The molecule has 0 unspecified atom stereocenters. The van der Waals surface area contributed by atoms with Gasteiger partial charge in [-0.2, -0.15) is 0 Å². The summed E-state index contributed by atoms with van der Waals surface area (Å²) in [6.45, 7) is 0. The van der Waals surface area contributed by atoms with E-state index in [1.165, 1.54) is 54.5 Å². The van der Waals surface area contributed by atoms with Crippen molar-refractivity contribution in [3.05, 3.63) is 182 Å². The Kier molecular flexibility index (Phi) is 6.17. The van der Waals surface area contributed by atoms with Gasteiger partial charge in [0.25, 0.3) is 0 Å². The maximum absolute atomic E-state index is 2.38. The van der Waals surface area contributed by atoms with Crippen LogP contribution in [0.25, 0.3) is 60.2 Å². The van der Waals surface area contributed by atoms with E-state index in [9.17, 15) is 0 Å². The highest BCUT2D eigenvalue weighted by molar-refractivity contribution is 6.11. The summed E-state index contributed by atoms with van der Waals surface area (Å²) in [4.78, 5) is 2.38. The fourth-order valence-corrected chi connectivity index (χ4v) is 7.07. The van der Waals surface area contributed by atoms with E-state index in [1.807, 2.05) is 0 Å². The molecule has 216 valence electrons. The van der Waals surface area contributed by atoms with E-state index in [0.717, 1.165) is 22.7 Å². The van der Waals surface area contributed by atoms with Gasteiger partial charge in [0.15, 0.2) is 0 Å². The Morgan fingerprint density at radius 1 is 0.326 bits per heavy atom. The average molecular weight is 587 g/mol. The van der Waals surface area contributed by atoms with Gasteiger partial charge in [0.2, 0.25) is 0 Å². The third kappa shape index (κ3) is 4.27. The molecule has 9 rings (SSSR count). The summed E-state index contributed by atoms with van der Waals surface area (Å²) in [5, 5.41) is 7.45. The SMILES string of the molecule is c1ccc(N(c2ccc3cccc(-c4cccc5ccccc45)c3c2)c2ccc3c(c2)c2ccccc2n3-c2ccccc2)cc1. The van der Waals surface area contributed by atoms with Crippen LogP contribution in [-0.4, -0.2) is 4.57 Å². The molecule has 0 bridgehead atoms. The van der Waals surface area contributed by atoms with Gasteiger partial charge in [-0.3, -0.25) is 0 Å². The molecule has 0 spiro atoms. The zero-order valence-corrected chi connectivity index (χ0v) is 25.2. The van der Waals surface area contributed by atoms with Crippen molar-refractivity contribution in [3.63, 3.8) is 0 Å². The molecular formula is C44H30N2. The van der Waals surface area contributed by atoms with Crippen molar-refractivity contribution in [2.75, 3.05) is 4.90 Å². The highest BCUT2D eigenvalue weighted by Crippen LogP contribution is 2.42. The molecule has 2 heteroatoms. The summed E-state index contributed by atoms with van der Waals surface area (Å²) in [5.74, 6) is 0. The molecule has 0 atom stereocenters. The molecule has 0 fully saturated rings. The molecule has 0 aliphatic heterocycles. The minimum absolute atomic E-state index is 1.12. The Labute approximate surface area is 268 Å². The second kappa shape index (κ2) is 10.8. The molecule has 8 aromatic carbocycles. The Morgan fingerprint density at radius 2 is 0.870 bits per heavy atom. The lowest BCUT2D eigenvalue weighted by molar-refractivity contribution is 1.18. The molecule has 2 nitrogen and oxygen atoms in total. The lowest BCUT2D eigenvalue weighted by Gasteiger charge is -2.26. The van der Waals surface area contributed by atoms with Crippen molar-refractivity contribution in [1.29, 1.82) is 0 Å². The van der Waals surface area contributed by atoms with E-state index in [4.69, 9.17) is 0 Å². The van der Waals surface area contributed by atoms with E-state index in [2.05, 4.69) is 191 Å². The Hall–Kier alpha value is -6.12. The summed E-state index contributed by atoms with van der Waals surface area (Å²) in [6.07, 6.45) is 0. The first-order valence-corrected chi connectivity index (χ1v) is 15.8. The van der Waals surface area contributed by atoms with E-state index in [-0.39, 0.29) is 0 Å². The van der Waals surface area contributed by atoms with Crippen molar-refractivity contribution in [2.24, 2.45) is 0 Å². The minimum atomic E-state index is 1.12. The smallest absolute Gasteiger partial charge is 0.0542 e. The summed E-state index contributed by atoms with van der Waals surface area (Å²) in [7, 11) is 0. The van der Waals surface area contributed by atoms with Crippen LogP contribution in [0.1, 0.15) is 0 Å². The zero-order chi connectivity index (χ0) is 30.5. The van der Waals surface area contributed by atoms with Gasteiger partial charge >= 0.3 is 0 Å². The lowest BCUT2D eigenvalue weighted by atomic mass is 9.93. The molecule has 0 N–H and O–H groups in total. The van der Waals surface area contributed by atoms with Gasteiger partial charge < -0.3 is 9.47 Å². The highest BCUT2D eigenvalue weighted by Gasteiger charge is 2.18. The molecule has 0 aliphatic carbocycles. The van der Waals surface area contributed by atoms with E-state index in [0.29, 0.717) is 0 Å². The highest BCUT2D eigenvalue weighted by atomic mass is 15.1. The van der Waals surface area contributed by atoms with E-state index >= 15 is 0 Å². The fourth-order valence-electron chi connectivity index (χ4n) is 7.07. The number of aromatic nitrogens is 1. The molecule has 0 aliphatic rings. The standard InChI is InChI=1S/C44H30N2/c1-3-16-33(17-4-1)45(36-27-28-44-42(30-36)40-21-9-10-24-43(40)46(44)34-18-5-2-6-19-34)35-26-25-32-15-12-23-39(41(32)29-35)38-22-11-14-31-13-7-8-20-37(31)38/h1-30H. The van der Waals surface area contributed by atoms with Gasteiger partial charge in [-0.15, -0.1) is 0 Å². The van der Waals surface area contributed by atoms with Crippen LogP contribution in [0.5, 0.6) is 0 Å². The molecule has 9 aromatic rings. The predicted molar refractivity (Wildman–Crippen MR) is 196 cm³/mol. The summed E-state index contributed by atoms with van der Waals surface area (Å²) >= 11 is 0. The quantitative estimate of drug-likeness (QED) is 0.195. The zero-order valence-electron chi connectivity index (χ0n) is 25.2. The Bertz CT molecular complexity index is 2520. The number of anilines is 3. The number of fused-ring (bicyclic) bond motifs is 5. The van der Waals surface area contributed by atoms with Crippen molar-refractivity contribution in [1.82, 2.24) is 4.57 Å². The molecule has 0 saturated heterocycles. The Morgan fingerprint density at radius 3 is 1.65 bits per heavy atom. The maximum atomic E-state index is 2.38. The van der Waals surface area contributed by atoms with E-state index in [1.54, 1.807) is 0 Å². The lowest BCUT2D eigenvalue weighted by Crippen LogP contribution is -2.09. The first-order chi connectivity index (χ1) is 22.8. The van der Waals surface area contributed by atoms with Crippen LogP contribution in [0.4, 0.5) is 17.1 Å². The van der Waals surface area contributed by atoms with Crippen LogP contribution in [0.3, 0.4) is 0 Å². The van der Waals surface area contributed by atoms with Crippen LogP contribution in [0.15, 0.2) is 182 Å². The number of benzene rings is 8. The van der Waals surface area contributed by atoms with Crippen molar-refractivity contribution >= 4 is 60.4 Å². The monoisotopic (exact) mass is 586 g/mol.